The second-order valence-electron chi connectivity index (χ2n) is 5.82. The fourth-order valence-electron chi connectivity index (χ4n) is 2.22. The molecule has 0 saturated heterocycles. The smallest absolute Gasteiger partial charge is 0.0516 e. The standard InChI is InChI=1S/C16H20ClNS/c1-16(2,3)15(12-7-5-4-6-8-12)18-10-14-9-13(17)11-19-14/h4-9,11,15,18H,10H2,1-3H3. The molecular weight excluding hydrogens is 274 g/mol. The molecule has 0 saturated carbocycles. The Labute approximate surface area is 124 Å². The summed E-state index contributed by atoms with van der Waals surface area (Å²) in [7, 11) is 0. The molecule has 0 spiro atoms. The van der Waals surface area contributed by atoms with Gasteiger partial charge in [0.05, 0.1) is 5.02 Å². The van der Waals surface area contributed by atoms with Gasteiger partial charge in [-0.3, -0.25) is 0 Å². The monoisotopic (exact) mass is 293 g/mol. The molecule has 0 aliphatic rings. The average Bonchev–Trinajstić information content (AvgIpc) is 2.75. The van der Waals surface area contributed by atoms with Gasteiger partial charge in [-0.15, -0.1) is 11.3 Å². The molecule has 1 unspecified atom stereocenters. The number of halogens is 1. The second-order valence-corrected chi connectivity index (χ2v) is 7.25. The highest BCUT2D eigenvalue weighted by molar-refractivity contribution is 7.10. The fraction of sp³-hybridized carbons (Fsp3) is 0.375. The molecule has 2 rings (SSSR count). The van der Waals surface area contributed by atoms with Crippen LogP contribution in [0.1, 0.15) is 37.3 Å². The number of benzene rings is 1. The summed E-state index contributed by atoms with van der Waals surface area (Å²) in [4.78, 5) is 1.27. The van der Waals surface area contributed by atoms with Crippen LogP contribution in [0.2, 0.25) is 5.02 Å². The molecule has 1 N–H and O–H groups in total. The van der Waals surface area contributed by atoms with Gasteiger partial charge in [-0.25, -0.2) is 0 Å². The van der Waals surface area contributed by atoms with Crippen molar-refractivity contribution in [1.82, 2.24) is 5.32 Å². The van der Waals surface area contributed by atoms with Crippen LogP contribution >= 0.6 is 22.9 Å². The van der Waals surface area contributed by atoms with E-state index >= 15 is 0 Å². The minimum atomic E-state index is 0.169. The van der Waals surface area contributed by atoms with Crippen molar-refractivity contribution in [2.45, 2.75) is 33.4 Å². The molecule has 1 atom stereocenters. The maximum Gasteiger partial charge on any atom is 0.0516 e. The van der Waals surface area contributed by atoms with Gasteiger partial charge in [-0.2, -0.15) is 0 Å². The lowest BCUT2D eigenvalue weighted by Crippen LogP contribution is -2.31. The molecule has 2 aromatic rings. The third-order valence-electron chi connectivity index (χ3n) is 3.10. The number of hydrogen-bond acceptors (Lipinski definition) is 2. The molecule has 1 aromatic heterocycles. The fourth-order valence-corrected chi connectivity index (χ4v) is 3.24. The minimum absolute atomic E-state index is 0.169. The van der Waals surface area contributed by atoms with Crippen molar-refractivity contribution >= 4 is 22.9 Å². The van der Waals surface area contributed by atoms with Crippen molar-refractivity contribution in [3.63, 3.8) is 0 Å². The normalized spacial score (nSPS) is 13.5. The Kier molecular flexibility index (Phi) is 4.67. The van der Waals surface area contributed by atoms with E-state index in [9.17, 15) is 0 Å². The van der Waals surface area contributed by atoms with Gasteiger partial charge in [0, 0.05) is 22.8 Å². The number of thiophene rings is 1. The van der Waals surface area contributed by atoms with Gasteiger partial charge in [-0.1, -0.05) is 62.7 Å². The van der Waals surface area contributed by atoms with E-state index in [1.807, 2.05) is 11.4 Å². The van der Waals surface area contributed by atoms with Crippen LogP contribution in [0.25, 0.3) is 0 Å². The zero-order valence-corrected chi connectivity index (χ0v) is 13.2. The Morgan fingerprint density at radius 3 is 2.42 bits per heavy atom. The highest BCUT2D eigenvalue weighted by atomic mass is 35.5. The van der Waals surface area contributed by atoms with Crippen LogP contribution in [-0.2, 0) is 6.54 Å². The zero-order valence-electron chi connectivity index (χ0n) is 11.6. The van der Waals surface area contributed by atoms with Crippen LogP contribution in [0, 0.1) is 5.41 Å². The number of nitrogens with one attached hydrogen (secondary N) is 1. The third-order valence-corrected chi connectivity index (χ3v) is 4.39. The van der Waals surface area contributed by atoms with Crippen LogP contribution in [-0.4, -0.2) is 0 Å². The van der Waals surface area contributed by atoms with Gasteiger partial charge in [0.2, 0.25) is 0 Å². The van der Waals surface area contributed by atoms with E-state index < -0.39 is 0 Å². The van der Waals surface area contributed by atoms with Crippen molar-refractivity contribution in [3.8, 4) is 0 Å². The SMILES string of the molecule is CC(C)(C)C(NCc1cc(Cl)cs1)c1ccccc1. The van der Waals surface area contributed by atoms with Gasteiger partial charge in [0.15, 0.2) is 0 Å². The predicted octanol–water partition coefficient (Wildman–Crippen LogP) is 5.28. The molecule has 0 aliphatic heterocycles. The first-order chi connectivity index (χ1) is 8.97. The van der Waals surface area contributed by atoms with E-state index in [4.69, 9.17) is 11.6 Å². The van der Waals surface area contributed by atoms with Crippen LogP contribution in [0.3, 0.4) is 0 Å². The Balaban J connectivity index is 2.11. The van der Waals surface area contributed by atoms with E-state index in [0.29, 0.717) is 6.04 Å². The van der Waals surface area contributed by atoms with Crippen LogP contribution in [0.4, 0.5) is 0 Å². The highest BCUT2D eigenvalue weighted by Gasteiger charge is 2.25. The Bertz CT molecular complexity index is 513. The first-order valence-electron chi connectivity index (χ1n) is 6.48. The molecule has 102 valence electrons. The maximum absolute atomic E-state index is 5.97. The van der Waals surface area contributed by atoms with Crippen molar-refractivity contribution < 1.29 is 0 Å². The Morgan fingerprint density at radius 2 is 1.89 bits per heavy atom. The summed E-state index contributed by atoms with van der Waals surface area (Å²) >= 11 is 7.67. The van der Waals surface area contributed by atoms with Crippen molar-refractivity contribution in [1.29, 1.82) is 0 Å². The Morgan fingerprint density at radius 1 is 1.21 bits per heavy atom. The third kappa shape index (κ3) is 4.07. The molecule has 0 amide bonds. The summed E-state index contributed by atoms with van der Waals surface area (Å²) in [5.74, 6) is 0. The first kappa shape index (κ1) is 14.6. The molecule has 0 radical (unpaired) electrons. The summed E-state index contributed by atoms with van der Waals surface area (Å²) in [5.41, 5.74) is 1.50. The molecule has 3 heteroatoms. The summed E-state index contributed by atoms with van der Waals surface area (Å²) < 4.78 is 0. The van der Waals surface area contributed by atoms with E-state index in [1.54, 1.807) is 11.3 Å². The molecule has 0 bridgehead atoms. The summed E-state index contributed by atoms with van der Waals surface area (Å²) in [5, 5.41) is 6.46. The lowest BCUT2D eigenvalue weighted by atomic mass is 9.82. The van der Waals surface area contributed by atoms with Gasteiger partial charge in [-0.05, 0) is 17.0 Å². The first-order valence-corrected chi connectivity index (χ1v) is 7.74. The van der Waals surface area contributed by atoms with Gasteiger partial charge in [0.25, 0.3) is 0 Å². The number of hydrogen-bond donors (Lipinski definition) is 1. The lowest BCUT2D eigenvalue weighted by Gasteiger charge is -2.32. The zero-order chi connectivity index (χ0) is 13.9. The molecule has 0 fully saturated rings. The molecule has 1 aromatic carbocycles. The molecule has 19 heavy (non-hydrogen) atoms. The van der Waals surface area contributed by atoms with Crippen molar-refractivity contribution in [3.05, 3.63) is 57.2 Å². The van der Waals surface area contributed by atoms with Crippen LogP contribution in [0.15, 0.2) is 41.8 Å². The summed E-state index contributed by atoms with van der Waals surface area (Å²) in [6.45, 7) is 7.64. The van der Waals surface area contributed by atoms with Gasteiger partial charge >= 0.3 is 0 Å². The highest BCUT2D eigenvalue weighted by Crippen LogP contribution is 2.33. The van der Waals surface area contributed by atoms with Gasteiger partial charge in [0.1, 0.15) is 0 Å². The average molecular weight is 294 g/mol. The van der Waals surface area contributed by atoms with Crippen LogP contribution in [0.5, 0.6) is 0 Å². The van der Waals surface area contributed by atoms with Crippen LogP contribution < -0.4 is 5.32 Å². The van der Waals surface area contributed by atoms with Gasteiger partial charge < -0.3 is 5.32 Å². The topological polar surface area (TPSA) is 12.0 Å². The molecule has 0 aliphatic carbocycles. The molecule has 1 heterocycles. The van der Waals surface area contributed by atoms with Crippen molar-refractivity contribution in [2.75, 3.05) is 0 Å². The second kappa shape index (κ2) is 6.08. The largest absolute Gasteiger partial charge is 0.305 e. The summed E-state index contributed by atoms with van der Waals surface area (Å²) in [6.07, 6.45) is 0. The Hall–Kier alpha value is -0.830. The molecule has 1 nitrogen and oxygen atoms in total. The van der Waals surface area contributed by atoms with E-state index in [0.717, 1.165) is 11.6 Å². The van der Waals surface area contributed by atoms with E-state index in [2.05, 4.69) is 56.4 Å². The maximum atomic E-state index is 5.97. The quantitative estimate of drug-likeness (QED) is 0.809. The van der Waals surface area contributed by atoms with Crippen molar-refractivity contribution in [2.24, 2.45) is 5.41 Å². The molecular formula is C16H20ClNS. The number of rotatable bonds is 4. The van der Waals surface area contributed by atoms with E-state index in [-0.39, 0.29) is 5.41 Å². The van der Waals surface area contributed by atoms with E-state index in [1.165, 1.54) is 10.4 Å². The lowest BCUT2D eigenvalue weighted by molar-refractivity contribution is 0.271. The minimum Gasteiger partial charge on any atom is -0.305 e. The predicted molar refractivity (Wildman–Crippen MR) is 84.8 cm³/mol. The summed E-state index contributed by atoms with van der Waals surface area (Å²) in [6, 6.07) is 13.0.